The third kappa shape index (κ3) is 7.06. The SMILES string of the molecule is Cc1cc(-c2ccc(-n3c4ccccc4c4cc(-c5ccc(C)cc5C)ccc43)cc2-c2cc(C#N)ccc2-n2c3ccccc3c3cc(-c4ccc(C)cc4C)ccc32)cc(C(F)(F)F)c1. The van der Waals surface area contributed by atoms with E-state index in [4.69, 9.17) is 0 Å². The number of nitriles is 1. The highest BCUT2D eigenvalue weighted by Gasteiger charge is 2.31. The van der Waals surface area contributed by atoms with Crippen molar-refractivity contribution in [3.63, 3.8) is 0 Å². The number of halogens is 3. The Bertz CT molecular complexity index is 3870. The van der Waals surface area contributed by atoms with Gasteiger partial charge in [-0.1, -0.05) is 108 Å². The molecular formula is C61H44F3N3. The first-order chi connectivity index (χ1) is 32.3. The number of alkyl halides is 3. The molecule has 0 atom stereocenters. The normalized spacial score (nSPS) is 11.9. The first kappa shape index (κ1) is 41.6. The van der Waals surface area contributed by atoms with Crippen LogP contribution >= 0.6 is 0 Å². The van der Waals surface area contributed by atoms with Crippen LogP contribution in [0.3, 0.4) is 0 Å². The molecule has 324 valence electrons. The van der Waals surface area contributed by atoms with Gasteiger partial charge in [0, 0.05) is 32.8 Å². The van der Waals surface area contributed by atoms with Gasteiger partial charge in [-0.2, -0.15) is 18.4 Å². The maximum atomic E-state index is 14.6. The number of para-hydroxylation sites is 2. The van der Waals surface area contributed by atoms with Gasteiger partial charge in [0.05, 0.1) is 45.0 Å². The van der Waals surface area contributed by atoms with Gasteiger partial charge in [0.2, 0.25) is 0 Å². The van der Waals surface area contributed by atoms with Crippen LogP contribution in [0.1, 0.15) is 38.9 Å². The predicted octanol–water partition coefficient (Wildman–Crippen LogP) is 17.0. The lowest BCUT2D eigenvalue weighted by molar-refractivity contribution is -0.137. The molecule has 9 aromatic carbocycles. The molecule has 0 saturated carbocycles. The zero-order chi connectivity index (χ0) is 46.3. The zero-order valence-corrected chi connectivity index (χ0v) is 37.7. The van der Waals surface area contributed by atoms with E-state index in [1.54, 1.807) is 6.92 Å². The molecular weight excluding hydrogens is 832 g/mol. The Morgan fingerprint density at radius 3 is 1.54 bits per heavy atom. The summed E-state index contributed by atoms with van der Waals surface area (Å²) in [6.45, 7) is 10.2. The monoisotopic (exact) mass is 875 g/mol. The van der Waals surface area contributed by atoms with Crippen LogP contribution in [-0.2, 0) is 6.18 Å². The largest absolute Gasteiger partial charge is 0.416 e. The molecule has 0 unspecified atom stereocenters. The van der Waals surface area contributed by atoms with Crippen LogP contribution in [0.25, 0.3) is 99.5 Å². The average Bonchev–Trinajstić information content (AvgIpc) is 3.83. The molecule has 0 aliphatic heterocycles. The van der Waals surface area contributed by atoms with Crippen molar-refractivity contribution in [3.8, 4) is 62.0 Å². The highest BCUT2D eigenvalue weighted by atomic mass is 19.4. The predicted molar refractivity (Wildman–Crippen MR) is 270 cm³/mol. The summed E-state index contributed by atoms with van der Waals surface area (Å²) < 4.78 is 48.2. The lowest BCUT2D eigenvalue weighted by Gasteiger charge is -2.20. The topological polar surface area (TPSA) is 33.6 Å². The van der Waals surface area contributed by atoms with Crippen molar-refractivity contribution in [1.29, 1.82) is 5.26 Å². The van der Waals surface area contributed by atoms with Crippen molar-refractivity contribution < 1.29 is 13.2 Å². The highest BCUT2D eigenvalue weighted by Crippen LogP contribution is 2.45. The standard InChI is InChI=1S/C61H44F3N3/c1-36-14-20-47(39(4)26-36)42-17-24-58-54(32-42)50-10-6-8-12-56(50)66(58)46-19-22-49(44-28-38(3)29-45(31-44)61(62,63)64)52(34-46)53-30-41(35-65)16-23-59(53)67-57-13-9-7-11-51(57)55-33-43(18-25-60(55)67)48-21-15-37(2)27-40(48)5/h6-34H,1-5H3. The van der Waals surface area contributed by atoms with Gasteiger partial charge in [-0.05, 0) is 169 Å². The Morgan fingerprint density at radius 1 is 0.403 bits per heavy atom. The van der Waals surface area contributed by atoms with Gasteiger partial charge in [-0.15, -0.1) is 0 Å². The number of hydrogen-bond donors (Lipinski definition) is 0. The van der Waals surface area contributed by atoms with Crippen molar-refractivity contribution in [2.45, 2.75) is 40.8 Å². The molecule has 2 aromatic heterocycles. The molecule has 0 radical (unpaired) electrons. The van der Waals surface area contributed by atoms with E-state index in [9.17, 15) is 18.4 Å². The summed E-state index contributed by atoms with van der Waals surface area (Å²) in [5.74, 6) is 0. The first-order valence-electron chi connectivity index (χ1n) is 22.4. The molecule has 11 aromatic rings. The summed E-state index contributed by atoms with van der Waals surface area (Å²) in [6.07, 6.45) is -4.55. The number of hydrogen-bond acceptors (Lipinski definition) is 1. The molecule has 2 heterocycles. The molecule has 0 spiro atoms. The smallest absolute Gasteiger partial charge is 0.309 e. The second kappa shape index (κ2) is 15.8. The number of benzene rings is 9. The summed E-state index contributed by atoms with van der Waals surface area (Å²) in [5, 5.41) is 14.8. The van der Waals surface area contributed by atoms with Gasteiger partial charge in [-0.3, -0.25) is 0 Å². The van der Waals surface area contributed by atoms with E-state index in [0.29, 0.717) is 33.4 Å². The number of rotatable bonds is 6. The van der Waals surface area contributed by atoms with Gasteiger partial charge in [0.25, 0.3) is 0 Å². The van der Waals surface area contributed by atoms with Crippen LogP contribution in [0.4, 0.5) is 13.2 Å². The minimum Gasteiger partial charge on any atom is -0.309 e. The van der Waals surface area contributed by atoms with Crippen molar-refractivity contribution in [3.05, 3.63) is 215 Å². The first-order valence-corrected chi connectivity index (χ1v) is 22.4. The summed E-state index contributed by atoms with van der Waals surface area (Å²) >= 11 is 0. The molecule has 67 heavy (non-hydrogen) atoms. The second-order valence-corrected chi connectivity index (χ2v) is 18.0. The van der Waals surface area contributed by atoms with E-state index >= 15 is 0 Å². The molecule has 0 N–H and O–H groups in total. The van der Waals surface area contributed by atoms with E-state index in [2.05, 4.69) is 152 Å². The Balaban J connectivity index is 1.20. The van der Waals surface area contributed by atoms with Crippen LogP contribution in [0, 0.1) is 45.9 Å². The minimum atomic E-state index is -4.55. The lowest BCUT2D eigenvalue weighted by Crippen LogP contribution is -2.06. The van der Waals surface area contributed by atoms with Crippen LogP contribution < -0.4 is 0 Å². The van der Waals surface area contributed by atoms with Gasteiger partial charge in [0.1, 0.15) is 0 Å². The van der Waals surface area contributed by atoms with Gasteiger partial charge < -0.3 is 9.13 Å². The fraction of sp³-hybridized carbons (Fsp3) is 0.0984. The van der Waals surface area contributed by atoms with Crippen LogP contribution in [0.5, 0.6) is 0 Å². The van der Waals surface area contributed by atoms with E-state index < -0.39 is 11.7 Å². The summed E-state index contributed by atoms with van der Waals surface area (Å²) in [4.78, 5) is 0. The number of nitrogens with zero attached hydrogens (tertiary/aromatic N) is 3. The third-order valence-electron chi connectivity index (χ3n) is 13.4. The minimum absolute atomic E-state index is 0.433. The van der Waals surface area contributed by atoms with Crippen LogP contribution in [0.2, 0.25) is 0 Å². The van der Waals surface area contributed by atoms with E-state index in [0.717, 1.165) is 71.7 Å². The van der Waals surface area contributed by atoms with Gasteiger partial charge in [0.15, 0.2) is 0 Å². The van der Waals surface area contributed by atoms with Crippen molar-refractivity contribution in [2.75, 3.05) is 0 Å². The zero-order valence-electron chi connectivity index (χ0n) is 37.7. The van der Waals surface area contributed by atoms with E-state index in [-0.39, 0.29) is 0 Å². The molecule has 0 aliphatic carbocycles. The molecule has 3 nitrogen and oxygen atoms in total. The molecule has 0 fully saturated rings. The third-order valence-corrected chi connectivity index (χ3v) is 13.4. The Kier molecular flexibility index (Phi) is 9.79. The molecule has 0 aliphatic rings. The molecule has 0 saturated heterocycles. The maximum absolute atomic E-state index is 14.6. The fourth-order valence-corrected chi connectivity index (χ4v) is 10.4. The van der Waals surface area contributed by atoms with Crippen molar-refractivity contribution >= 4 is 43.6 Å². The Labute approximate surface area is 387 Å². The van der Waals surface area contributed by atoms with Crippen molar-refractivity contribution in [1.82, 2.24) is 9.13 Å². The average molecular weight is 876 g/mol. The molecule has 6 heteroatoms. The summed E-state index contributed by atoms with van der Waals surface area (Å²) in [6, 6.07) is 61.2. The number of aromatic nitrogens is 2. The van der Waals surface area contributed by atoms with Crippen molar-refractivity contribution in [2.24, 2.45) is 0 Å². The fourth-order valence-electron chi connectivity index (χ4n) is 10.4. The van der Waals surface area contributed by atoms with E-state index in [1.807, 2.05) is 54.6 Å². The van der Waals surface area contributed by atoms with Gasteiger partial charge >= 0.3 is 6.18 Å². The number of aryl methyl sites for hydroxylation is 5. The van der Waals surface area contributed by atoms with E-state index in [1.165, 1.54) is 39.9 Å². The molecule has 0 amide bonds. The van der Waals surface area contributed by atoms with Crippen LogP contribution in [0.15, 0.2) is 176 Å². The Morgan fingerprint density at radius 2 is 0.955 bits per heavy atom. The van der Waals surface area contributed by atoms with Crippen LogP contribution in [-0.4, -0.2) is 9.13 Å². The quantitative estimate of drug-likeness (QED) is 0.164. The lowest BCUT2D eigenvalue weighted by atomic mass is 9.90. The molecule has 11 rings (SSSR count). The second-order valence-electron chi connectivity index (χ2n) is 18.0. The number of fused-ring (bicyclic) bond motifs is 6. The highest BCUT2D eigenvalue weighted by molar-refractivity contribution is 6.12. The maximum Gasteiger partial charge on any atom is 0.416 e. The summed E-state index contributed by atoms with van der Waals surface area (Å²) in [7, 11) is 0. The molecule has 0 bridgehead atoms. The summed E-state index contributed by atoms with van der Waals surface area (Å²) in [5.41, 5.74) is 17.6. The Hall–Kier alpha value is -8.14. The van der Waals surface area contributed by atoms with Gasteiger partial charge in [-0.25, -0.2) is 0 Å².